The van der Waals surface area contributed by atoms with Crippen LogP contribution >= 0.6 is 0 Å². The Labute approximate surface area is 114 Å². The number of halogens is 1. The summed E-state index contributed by atoms with van der Waals surface area (Å²) < 4.78 is 12.7. The van der Waals surface area contributed by atoms with Gasteiger partial charge in [0, 0.05) is 13.0 Å². The lowest BCUT2D eigenvalue weighted by Gasteiger charge is -2.10. The largest absolute Gasteiger partial charge is 0.356 e. The van der Waals surface area contributed by atoms with Crippen LogP contribution in [0.15, 0.2) is 24.3 Å². The Hall–Kier alpha value is -1.38. The smallest absolute Gasteiger partial charge is 0.220 e. The second-order valence-electron chi connectivity index (χ2n) is 5.43. The average Bonchev–Trinajstić information content (AvgIpc) is 2.92. The average molecular weight is 263 g/mol. The fourth-order valence-electron chi connectivity index (χ4n) is 2.67. The van der Waals surface area contributed by atoms with Gasteiger partial charge in [0.1, 0.15) is 5.82 Å². The fourth-order valence-corrected chi connectivity index (χ4v) is 2.67. The first kappa shape index (κ1) is 14.0. The Morgan fingerprint density at radius 3 is 2.58 bits per heavy atom. The number of rotatable bonds is 6. The molecule has 19 heavy (non-hydrogen) atoms. The molecular formula is C16H22FNO. The van der Waals surface area contributed by atoms with E-state index in [1.54, 1.807) is 12.1 Å². The Morgan fingerprint density at radius 1 is 1.21 bits per heavy atom. The fraction of sp³-hybridized carbons (Fsp3) is 0.562. The minimum atomic E-state index is -0.210. The summed E-state index contributed by atoms with van der Waals surface area (Å²) in [5.74, 6) is 0.633. The highest BCUT2D eigenvalue weighted by Crippen LogP contribution is 2.23. The first-order valence-corrected chi connectivity index (χ1v) is 7.25. The maximum atomic E-state index is 12.7. The van der Waals surface area contributed by atoms with Crippen molar-refractivity contribution in [2.45, 2.75) is 44.9 Å². The normalized spacial score (nSPS) is 15.6. The van der Waals surface area contributed by atoms with Crippen molar-refractivity contribution in [3.05, 3.63) is 35.6 Å². The molecule has 1 N–H and O–H groups in total. The van der Waals surface area contributed by atoms with Crippen molar-refractivity contribution in [1.82, 2.24) is 5.32 Å². The van der Waals surface area contributed by atoms with Crippen molar-refractivity contribution in [3.63, 3.8) is 0 Å². The zero-order valence-electron chi connectivity index (χ0n) is 11.3. The highest BCUT2D eigenvalue weighted by atomic mass is 19.1. The van der Waals surface area contributed by atoms with Gasteiger partial charge >= 0.3 is 0 Å². The standard InChI is InChI=1S/C16H22FNO/c17-15-10-8-13(9-11-15)6-3-7-16(19)18-12-14-4-1-2-5-14/h8-11,14H,1-7,12H2,(H,18,19). The molecule has 0 aliphatic heterocycles. The third-order valence-electron chi connectivity index (χ3n) is 3.85. The second kappa shape index (κ2) is 7.27. The van der Waals surface area contributed by atoms with E-state index in [1.807, 2.05) is 0 Å². The number of nitrogens with one attached hydrogen (secondary N) is 1. The molecule has 2 nitrogen and oxygen atoms in total. The van der Waals surface area contributed by atoms with Gasteiger partial charge in [0.25, 0.3) is 0 Å². The van der Waals surface area contributed by atoms with Gasteiger partial charge in [-0.1, -0.05) is 25.0 Å². The van der Waals surface area contributed by atoms with Gasteiger partial charge in [-0.3, -0.25) is 4.79 Å². The van der Waals surface area contributed by atoms with Gasteiger partial charge in [0.05, 0.1) is 0 Å². The lowest BCUT2D eigenvalue weighted by molar-refractivity contribution is -0.121. The molecule has 0 heterocycles. The summed E-state index contributed by atoms with van der Waals surface area (Å²) in [4.78, 5) is 11.7. The van der Waals surface area contributed by atoms with E-state index in [0.717, 1.165) is 24.9 Å². The molecule has 1 aliphatic carbocycles. The molecule has 0 radical (unpaired) electrons. The summed E-state index contributed by atoms with van der Waals surface area (Å²) in [5, 5.41) is 3.02. The molecule has 1 saturated carbocycles. The molecule has 104 valence electrons. The van der Waals surface area contributed by atoms with E-state index in [0.29, 0.717) is 12.3 Å². The summed E-state index contributed by atoms with van der Waals surface area (Å²) in [6.07, 6.45) is 7.35. The SMILES string of the molecule is O=C(CCCc1ccc(F)cc1)NCC1CCCC1. The van der Waals surface area contributed by atoms with E-state index in [4.69, 9.17) is 0 Å². The molecule has 0 bridgehead atoms. The van der Waals surface area contributed by atoms with Crippen LogP contribution in [0, 0.1) is 11.7 Å². The minimum Gasteiger partial charge on any atom is -0.356 e. The summed E-state index contributed by atoms with van der Waals surface area (Å²) in [6.45, 7) is 0.843. The Morgan fingerprint density at radius 2 is 1.89 bits per heavy atom. The summed E-state index contributed by atoms with van der Waals surface area (Å²) >= 11 is 0. The van der Waals surface area contributed by atoms with E-state index in [1.165, 1.54) is 37.8 Å². The number of hydrogen-bond donors (Lipinski definition) is 1. The van der Waals surface area contributed by atoms with E-state index in [-0.39, 0.29) is 11.7 Å². The predicted molar refractivity (Wildman–Crippen MR) is 74.3 cm³/mol. The molecule has 0 atom stereocenters. The third-order valence-corrected chi connectivity index (χ3v) is 3.85. The number of aryl methyl sites for hydroxylation is 1. The van der Waals surface area contributed by atoms with Gasteiger partial charge in [-0.15, -0.1) is 0 Å². The maximum absolute atomic E-state index is 12.7. The quantitative estimate of drug-likeness (QED) is 0.836. The molecule has 0 spiro atoms. The third kappa shape index (κ3) is 5.01. The van der Waals surface area contributed by atoms with Crippen molar-refractivity contribution in [2.24, 2.45) is 5.92 Å². The van der Waals surface area contributed by atoms with E-state index in [2.05, 4.69) is 5.32 Å². The molecular weight excluding hydrogens is 241 g/mol. The van der Waals surface area contributed by atoms with Crippen molar-refractivity contribution in [1.29, 1.82) is 0 Å². The monoisotopic (exact) mass is 263 g/mol. The van der Waals surface area contributed by atoms with Crippen LogP contribution in [0.5, 0.6) is 0 Å². The van der Waals surface area contributed by atoms with Gasteiger partial charge in [-0.2, -0.15) is 0 Å². The predicted octanol–water partition coefficient (Wildman–Crippen LogP) is 3.45. The molecule has 0 aromatic heterocycles. The Kier molecular flexibility index (Phi) is 5.37. The van der Waals surface area contributed by atoms with Gasteiger partial charge in [0.2, 0.25) is 5.91 Å². The van der Waals surface area contributed by atoms with E-state index in [9.17, 15) is 9.18 Å². The molecule has 2 rings (SSSR count). The van der Waals surface area contributed by atoms with Crippen LogP contribution < -0.4 is 5.32 Å². The summed E-state index contributed by atoms with van der Waals surface area (Å²) in [7, 11) is 0. The number of carbonyl (C=O) groups excluding carboxylic acids is 1. The summed E-state index contributed by atoms with van der Waals surface area (Å²) in [6, 6.07) is 6.50. The lowest BCUT2D eigenvalue weighted by Crippen LogP contribution is -2.28. The topological polar surface area (TPSA) is 29.1 Å². The van der Waals surface area contributed by atoms with Crippen LogP contribution in [0.1, 0.15) is 44.1 Å². The van der Waals surface area contributed by atoms with Crippen LogP contribution in [0.3, 0.4) is 0 Å². The zero-order chi connectivity index (χ0) is 13.5. The second-order valence-corrected chi connectivity index (χ2v) is 5.43. The number of hydrogen-bond acceptors (Lipinski definition) is 1. The number of carbonyl (C=O) groups is 1. The first-order chi connectivity index (χ1) is 9.24. The Balaban J connectivity index is 1.59. The van der Waals surface area contributed by atoms with Crippen molar-refractivity contribution < 1.29 is 9.18 Å². The molecule has 1 amide bonds. The molecule has 3 heteroatoms. The van der Waals surface area contributed by atoms with Gasteiger partial charge < -0.3 is 5.32 Å². The zero-order valence-corrected chi connectivity index (χ0v) is 11.3. The van der Waals surface area contributed by atoms with Gasteiger partial charge in [-0.25, -0.2) is 4.39 Å². The molecule has 1 aliphatic rings. The van der Waals surface area contributed by atoms with Crippen LogP contribution in [0.4, 0.5) is 4.39 Å². The van der Waals surface area contributed by atoms with Crippen molar-refractivity contribution >= 4 is 5.91 Å². The highest BCUT2D eigenvalue weighted by Gasteiger charge is 2.15. The molecule has 1 aromatic rings. The van der Waals surface area contributed by atoms with E-state index >= 15 is 0 Å². The highest BCUT2D eigenvalue weighted by molar-refractivity contribution is 5.75. The first-order valence-electron chi connectivity index (χ1n) is 7.25. The van der Waals surface area contributed by atoms with Gasteiger partial charge in [0.15, 0.2) is 0 Å². The van der Waals surface area contributed by atoms with Crippen molar-refractivity contribution in [3.8, 4) is 0 Å². The molecule has 1 fully saturated rings. The molecule has 0 saturated heterocycles. The minimum absolute atomic E-state index is 0.147. The van der Waals surface area contributed by atoms with Gasteiger partial charge in [-0.05, 0) is 49.3 Å². The van der Waals surface area contributed by atoms with Crippen LogP contribution in [-0.4, -0.2) is 12.5 Å². The number of amides is 1. The summed E-state index contributed by atoms with van der Waals surface area (Å²) in [5.41, 5.74) is 1.09. The van der Waals surface area contributed by atoms with Crippen LogP contribution in [0.2, 0.25) is 0 Å². The van der Waals surface area contributed by atoms with Crippen LogP contribution in [-0.2, 0) is 11.2 Å². The molecule has 0 unspecified atom stereocenters. The number of benzene rings is 1. The van der Waals surface area contributed by atoms with E-state index < -0.39 is 0 Å². The lowest BCUT2D eigenvalue weighted by atomic mass is 10.1. The maximum Gasteiger partial charge on any atom is 0.220 e. The van der Waals surface area contributed by atoms with Crippen molar-refractivity contribution in [2.75, 3.05) is 6.54 Å². The Bertz CT molecular complexity index is 396. The molecule has 1 aromatic carbocycles. The van der Waals surface area contributed by atoms with Crippen LogP contribution in [0.25, 0.3) is 0 Å².